The van der Waals surface area contributed by atoms with Crippen LogP contribution in [-0.2, 0) is 15.1 Å². The average molecular weight is 431 g/mol. The minimum atomic E-state index is -0.871. The molecule has 1 atom stereocenters. The van der Waals surface area contributed by atoms with Gasteiger partial charge in [0.2, 0.25) is 0 Å². The van der Waals surface area contributed by atoms with E-state index >= 15 is 0 Å². The van der Waals surface area contributed by atoms with E-state index < -0.39 is 16.9 Å². The molecule has 0 amide bonds. The maximum Gasteiger partial charge on any atom is 0.334 e. The first-order valence-corrected chi connectivity index (χ1v) is 11.1. The molecule has 0 aromatic heterocycles. The van der Waals surface area contributed by atoms with Crippen LogP contribution in [0.15, 0.2) is 91.0 Å². The Balaban J connectivity index is 2.17. The summed E-state index contributed by atoms with van der Waals surface area (Å²) < 4.78 is 5.50. The Hall–Kier alpha value is -3.07. The topological polar surface area (TPSA) is 62.1 Å². The van der Waals surface area contributed by atoms with Gasteiger partial charge in [0.05, 0.1) is 12.1 Å². The molecule has 31 heavy (non-hydrogen) atoms. The van der Waals surface area contributed by atoms with Crippen LogP contribution in [0, 0.1) is 16.6 Å². The predicted molar refractivity (Wildman–Crippen MR) is 125 cm³/mol. The first-order chi connectivity index (χ1) is 15.1. The minimum absolute atomic E-state index is 0.207. The molecule has 0 heterocycles. The van der Waals surface area contributed by atoms with E-state index in [1.165, 1.54) is 0 Å². The number of nitrogens with one attached hydrogen (secondary N) is 1. The molecule has 0 saturated heterocycles. The molecule has 0 bridgehead atoms. The number of hydrogen-bond donors (Lipinski definition) is 1. The van der Waals surface area contributed by atoms with Gasteiger partial charge >= 0.3 is 5.97 Å². The number of carbonyl (C=O) groups excluding carboxylic acids is 1. The molecule has 3 aromatic carbocycles. The van der Waals surface area contributed by atoms with E-state index in [1.807, 2.05) is 105 Å². The molecule has 3 rings (SSSR count). The van der Waals surface area contributed by atoms with E-state index in [2.05, 4.69) is 10.7 Å². The molecule has 3 aromatic rings. The zero-order valence-corrected chi connectivity index (χ0v) is 18.5. The summed E-state index contributed by atoms with van der Waals surface area (Å²) in [7, 11) is 0. The molecule has 0 aliphatic carbocycles. The molecular formula is C26H26N2O2S. The van der Waals surface area contributed by atoms with E-state index in [-0.39, 0.29) is 5.92 Å². The van der Waals surface area contributed by atoms with Crippen molar-refractivity contribution < 1.29 is 9.53 Å². The number of thiocyanates is 1. The summed E-state index contributed by atoms with van der Waals surface area (Å²) in [6, 6.07) is 29.9. The second kappa shape index (κ2) is 10.8. The summed E-state index contributed by atoms with van der Waals surface area (Å²) in [5, 5.41) is 14.1. The van der Waals surface area contributed by atoms with Crippen LogP contribution in [0.4, 0.5) is 0 Å². The molecule has 0 saturated carbocycles. The van der Waals surface area contributed by atoms with Gasteiger partial charge in [-0.25, -0.2) is 4.79 Å². The number of esters is 1. The van der Waals surface area contributed by atoms with E-state index in [9.17, 15) is 10.1 Å². The number of thioether (sulfide) groups is 1. The van der Waals surface area contributed by atoms with Gasteiger partial charge in [-0.1, -0.05) is 105 Å². The maximum atomic E-state index is 13.0. The quantitative estimate of drug-likeness (QED) is 0.216. The van der Waals surface area contributed by atoms with Gasteiger partial charge in [0.1, 0.15) is 5.40 Å². The maximum absolute atomic E-state index is 13.0. The Kier molecular flexibility index (Phi) is 7.88. The highest BCUT2D eigenvalue weighted by molar-refractivity contribution is 8.04. The fraction of sp³-hybridized carbons (Fsp3) is 0.231. The van der Waals surface area contributed by atoms with Crippen LogP contribution in [-0.4, -0.2) is 18.0 Å². The number of nitriles is 1. The smallest absolute Gasteiger partial charge is 0.334 e. The van der Waals surface area contributed by atoms with E-state index in [0.29, 0.717) is 6.61 Å². The van der Waals surface area contributed by atoms with Crippen molar-refractivity contribution >= 4 is 17.7 Å². The molecule has 4 nitrogen and oxygen atoms in total. The van der Waals surface area contributed by atoms with Crippen LogP contribution < -0.4 is 5.32 Å². The number of rotatable bonds is 9. The van der Waals surface area contributed by atoms with Crippen molar-refractivity contribution in [2.24, 2.45) is 5.92 Å². The number of benzene rings is 3. The van der Waals surface area contributed by atoms with Gasteiger partial charge in [-0.3, -0.25) is 5.32 Å². The van der Waals surface area contributed by atoms with E-state index in [4.69, 9.17) is 4.74 Å². The first kappa shape index (κ1) is 22.6. The largest absolute Gasteiger partial charge is 0.464 e. The van der Waals surface area contributed by atoms with Crippen molar-refractivity contribution in [2.75, 3.05) is 6.61 Å². The summed E-state index contributed by atoms with van der Waals surface area (Å²) in [6.45, 7) is 4.27. The Morgan fingerprint density at radius 2 is 1.32 bits per heavy atom. The van der Waals surface area contributed by atoms with Crippen LogP contribution >= 0.6 is 11.8 Å². The van der Waals surface area contributed by atoms with Gasteiger partial charge in [0, 0.05) is 0 Å². The number of carbonyl (C=O) groups is 1. The summed E-state index contributed by atoms with van der Waals surface area (Å²) >= 11 is 0.867. The Bertz CT molecular complexity index is 905. The molecule has 0 radical (unpaired) electrons. The molecule has 1 unspecified atom stereocenters. The van der Waals surface area contributed by atoms with Gasteiger partial charge in [0.15, 0.2) is 5.37 Å². The van der Waals surface area contributed by atoms with Crippen LogP contribution in [0.3, 0.4) is 0 Å². The van der Waals surface area contributed by atoms with Crippen molar-refractivity contribution in [1.82, 2.24) is 5.32 Å². The third-order valence-corrected chi connectivity index (χ3v) is 5.56. The Morgan fingerprint density at radius 3 is 1.68 bits per heavy atom. The molecule has 0 aliphatic heterocycles. The van der Waals surface area contributed by atoms with E-state index in [0.717, 1.165) is 28.5 Å². The lowest BCUT2D eigenvalue weighted by atomic mass is 9.77. The third-order valence-electron chi connectivity index (χ3n) is 4.91. The summed E-state index contributed by atoms with van der Waals surface area (Å²) in [5.74, 6) is -0.244. The van der Waals surface area contributed by atoms with Crippen molar-refractivity contribution in [3.05, 3.63) is 108 Å². The zero-order valence-electron chi connectivity index (χ0n) is 17.7. The highest BCUT2D eigenvalue weighted by Crippen LogP contribution is 2.38. The van der Waals surface area contributed by atoms with Gasteiger partial charge in [-0.15, -0.1) is 0 Å². The SMILES string of the molecule is CC(C)COC(=O)C(NC(c1ccccc1)(c1ccccc1)c1ccccc1)SC#N. The van der Waals surface area contributed by atoms with Crippen molar-refractivity contribution in [3.63, 3.8) is 0 Å². The first-order valence-electron chi connectivity index (χ1n) is 10.2. The number of nitrogens with zero attached hydrogens (tertiary/aromatic N) is 1. The molecule has 0 spiro atoms. The standard InChI is InChI=1S/C26H26N2O2S/c1-20(2)18-30-25(29)24(31-19-27)28-26(21-12-6-3-7-13-21,22-14-8-4-9-15-22)23-16-10-5-11-17-23/h3-17,20,24,28H,18H2,1-2H3. The normalized spacial score (nSPS) is 12.2. The summed E-state index contributed by atoms with van der Waals surface area (Å²) in [5.41, 5.74) is 2.04. The lowest BCUT2D eigenvalue weighted by Gasteiger charge is -2.38. The lowest BCUT2D eigenvalue weighted by molar-refractivity contribution is -0.145. The molecule has 1 N–H and O–H groups in total. The monoisotopic (exact) mass is 430 g/mol. The molecular weight excluding hydrogens is 404 g/mol. The molecule has 0 aliphatic rings. The Morgan fingerprint density at radius 1 is 0.903 bits per heavy atom. The van der Waals surface area contributed by atoms with Crippen LogP contribution in [0.2, 0.25) is 0 Å². The Labute approximate surface area is 188 Å². The van der Waals surface area contributed by atoms with Gasteiger partial charge in [-0.2, -0.15) is 5.26 Å². The highest BCUT2D eigenvalue weighted by atomic mass is 32.2. The van der Waals surface area contributed by atoms with Gasteiger partial charge in [0.25, 0.3) is 0 Å². The lowest BCUT2D eigenvalue weighted by Crippen LogP contribution is -2.51. The van der Waals surface area contributed by atoms with Crippen LogP contribution in [0.25, 0.3) is 0 Å². The second-order valence-corrected chi connectivity index (χ2v) is 8.50. The summed E-state index contributed by atoms with van der Waals surface area (Å²) in [6.07, 6.45) is 0. The fourth-order valence-corrected chi connectivity index (χ4v) is 4.03. The number of hydrogen-bond acceptors (Lipinski definition) is 5. The van der Waals surface area contributed by atoms with Crippen molar-refractivity contribution in [1.29, 1.82) is 5.26 Å². The van der Waals surface area contributed by atoms with E-state index in [1.54, 1.807) is 0 Å². The second-order valence-electron chi connectivity index (χ2n) is 7.61. The zero-order chi connectivity index (χ0) is 22.1. The molecule has 5 heteroatoms. The molecule has 0 fully saturated rings. The van der Waals surface area contributed by atoms with Crippen LogP contribution in [0.1, 0.15) is 30.5 Å². The third kappa shape index (κ3) is 5.35. The van der Waals surface area contributed by atoms with Crippen molar-refractivity contribution in [2.45, 2.75) is 24.8 Å². The fourth-order valence-electron chi connectivity index (χ4n) is 3.52. The highest BCUT2D eigenvalue weighted by Gasteiger charge is 2.40. The number of ether oxygens (including phenoxy) is 1. The van der Waals surface area contributed by atoms with Gasteiger partial charge in [-0.05, 0) is 34.4 Å². The minimum Gasteiger partial charge on any atom is -0.464 e. The van der Waals surface area contributed by atoms with Crippen LogP contribution in [0.5, 0.6) is 0 Å². The van der Waals surface area contributed by atoms with Gasteiger partial charge < -0.3 is 4.74 Å². The average Bonchev–Trinajstić information content (AvgIpc) is 2.82. The summed E-state index contributed by atoms with van der Waals surface area (Å²) in [4.78, 5) is 13.0. The molecule has 158 valence electrons. The predicted octanol–water partition coefficient (Wildman–Crippen LogP) is 5.31. The van der Waals surface area contributed by atoms with Crippen molar-refractivity contribution in [3.8, 4) is 5.40 Å².